The van der Waals surface area contributed by atoms with Crippen LogP contribution in [0.3, 0.4) is 0 Å². The zero-order valence-electron chi connectivity index (χ0n) is 8.83. The van der Waals surface area contributed by atoms with Crippen LogP contribution in [0.5, 0.6) is 0 Å². The Kier molecular flexibility index (Phi) is 2.97. The molecule has 2 N–H and O–H groups in total. The van der Waals surface area contributed by atoms with Gasteiger partial charge in [-0.25, -0.2) is 9.97 Å². The van der Waals surface area contributed by atoms with E-state index >= 15 is 0 Å². The van der Waals surface area contributed by atoms with Crippen molar-refractivity contribution >= 4 is 10.9 Å². The Bertz CT molecular complexity index is 537. The summed E-state index contributed by atoms with van der Waals surface area (Å²) in [4.78, 5) is 8.06. The Morgan fingerprint density at radius 3 is 2.65 bits per heavy atom. The molecule has 0 atom stereocenters. The van der Waals surface area contributed by atoms with Gasteiger partial charge in [0, 0.05) is 18.0 Å². The van der Waals surface area contributed by atoms with Crippen LogP contribution in [0, 0.1) is 0 Å². The van der Waals surface area contributed by atoms with E-state index in [1.54, 1.807) is 0 Å². The molecule has 6 heteroatoms. The first-order chi connectivity index (χ1) is 8.00. The van der Waals surface area contributed by atoms with Gasteiger partial charge in [-0.1, -0.05) is 6.07 Å². The molecule has 0 spiro atoms. The molecule has 1 heterocycles. The molecule has 0 radical (unpaired) electrons. The van der Waals surface area contributed by atoms with Gasteiger partial charge in [-0.05, 0) is 18.7 Å². The van der Waals surface area contributed by atoms with Crippen LogP contribution in [0.25, 0.3) is 10.9 Å². The van der Waals surface area contributed by atoms with E-state index < -0.39 is 11.7 Å². The molecule has 0 aliphatic carbocycles. The molecule has 0 bridgehead atoms. The Morgan fingerprint density at radius 2 is 2.00 bits per heavy atom. The maximum absolute atomic E-state index is 12.5. The molecule has 1 aromatic heterocycles. The first kappa shape index (κ1) is 11.8. The minimum Gasteiger partial charge on any atom is -0.330 e. The second-order valence-electron chi connectivity index (χ2n) is 3.60. The third-order valence-electron chi connectivity index (χ3n) is 2.33. The highest BCUT2D eigenvalue weighted by molar-refractivity contribution is 5.78. The summed E-state index contributed by atoms with van der Waals surface area (Å²) in [5, 5.41) is 0.582. The fraction of sp³-hybridized carbons (Fsp3) is 0.273. The smallest absolute Gasteiger partial charge is 0.330 e. The second-order valence-corrected chi connectivity index (χ2v) is 3.60. The van der Waals surface area contributed by atoms with Gasteiger partial charge in [-0.2, -0.15) is 13.2 Å². The zero-order valence-corrected chi connectivity index (χ0v) is 8.83. The van der Waals surface area contributed by atoms with E-state index in [4.69, 9.17) is 5.73 Å². The average Bonchev–Trinajstić information content (AvgIpc) is 2.27. The lowest BCUT2D eigenvalue weighted by molar-refractivity contribution is -0.137. The molecule has 3 nitrogen and oxygen atoms in total. The number of fused-ring (bicyclic) bond motifs is 1. The number of nitrogens with two attached hydrogens (primary N) is 1. The van der Waals surface area contributed by atoms with Crippen LogP contribution in [0.15, 0.2) is 24.4 Å². The highest BCUT2D eigenvalue weighted by Crippen LogP contribution is 2.30. The topological polar surface area (TPSA) is 51.8 Å². The highest BCUT2D eigenvalue weighted by Gasteiger charge is 2.30. The molecule has 0 fully saturated rings. The van der Waals surface area contributed by atoms with Crippen LogP contribution in [0.2, 0.25) is 0 Å². The van der Waals surface area contributed by atoms with Crippen LogP contribution < -0.4 is 5.73 Å². The van der Waals surface area contributed by atoms with Gasteiger partial charge in [0.1, 0.15) is 5.82 Å². The van der Waals surface area contributed by atoms with E-state index in [9.17, 15) is 13.2 Å². The molecule has 0 aliphatic heterocycles. The lowest BCUT2D eigenvalue weighted by Gasteiger charge is -2.07. The van der Waals surface area contributed by atoms with E-state index in [1.807, 2.05) is 0 Å². The van der Waals surface area contributed by atoms with Gasteiger partial charge in [0.25, 0.3) is 0 Å². The molecule has 0 amide bonds. The lowest BCUT2D eigenvalue weighted by atomic mass is 10.1. The van der Waals surface area contributed by atoms with Gasteiger partial charge >= 0.3 is 6.18 Å². The molecular weight excluding hydrogens is 231 g/mol. The molecular formula is C11H10F3N3. The lowest BCUT2D eigenvalue weighted by Crippen LogP contribution is -2.07. The third-order valence-corrected chi connectivity index (χ3v) is 2.33. The van der Waals surface area contributed by atoms with Crippen molar-refractivity contribution in [2.24, 2.45) is 5.73 Å². The molecule has 0 saturated heterocycles. The van der Waals surface area contributed by atoms with Gasteiger partial charge in [-0.3, -0.25) is 0 Å². The first-order valence-corrected chi connectivity index (χ1v) is 5.03. The van der Waals surface area contributed by atoms with Crippen molar-refractivity contribution < 1.29 is 13.2 Å². The normalized spacial score (nSPS) is 12.0. The van der Waals surface area contributed by atoms with Crippen LogP contribution in [0.1, 0.15) is 11.4 Å². The second kappa shape index (κ2) is 4.29. The van der Waals surface area contributed by atoms with Crippen LogP contribution in [-0.4, -0.2) is 16.5 Å². The summed E-state index contributed by atoms with van der Waals surface area (Å²) in [6.45, 7) is 0.366. The molecule has 0 unspecified atom stereocenters. The number of nitrogens with zero attached hydrogens (tertiary/aromatic N) is 2. The van der Waals surface area contributed by atoms with E-state index in [-0.39, 0.29) is 0 Å². The van der Waals surface area contributed by atoms with E-state index in [2.05, 4.69) is 9.97 Å². The van der Waals surface area contributed by atoms with Crippen molar-refractivity contribution in [3.05, 3.63) is 35.8 Å². The zero-order chi connectivity index (χ0) is 12.5. The number of rotatable bonds is 2. The van der Waals surface area contributed by atoms with Crippen molar-refractivity contribution in [2.45, 2.75) is 12.6 Å². The predicted octanol–water partition coefficient (Wildman–Crippen LogP) is 2.15. The van der Waals surface area contributed by atoms with Gasteiger partial charge in [0.05, 0.1) is 11.1 Å². The number of hydrogen-bond donors (Lipinski definition) is 1. The van der Waals surface area contributed by atoms with Crippen LogP contribution >= 0.6 is 0 Å². The monoisotopic (exact) mass is 241 g/mol. The van der Waals surface area contributed by atoms with Crippen molar-refractivity contribution in [1.82, 2.24) is 9.97 Å². The standard InChI is InChI=1S/C11H10F3N3/c12-11(13,14)8-2-1-7-6-16-10(3-4-15)17-9(7)5-8/h1-2,5-6H,3-4,15H2. The quantitative estimate of drug-likeness (QED) is 0.876. The Labute approximate surface area is 95.5 Å². The van der Waals surface area contributed by atoms with Crippen molar-refractivity contribution in [1.29, 1.82) is 0 Å². The summed E-state index contributed by atoms with van der Waals surface area (Å²) in [7, 11) is 0. The third kappa shape index (κ3) is 2.52. The number of halogens is 3. The van der Waals surface area contributed by atoms with Gasteiger partial charge in [0.15, 0.2) is 0 Å². The van der Waals surface area contributed by atoms with E-state index in [0.29, 0.717) is 29.7 Å². The maximum atomic E-state index is 12.5. The summed E-state index contributed by atoms with van der Waals surface area (Å²) < 4.78 is 37.5. The molecule has 2 aromatic rings. The summed E-state index contributed by atoms with van der Waals surface area (Å²) in [5.74, 6) is 0.458. The van der Waals surface area contributed by atoms with E-state index in [0.717, 1.165) is 12.1 Å². The number of aromatic nitrogens is 2. The molecule has 90 valence electrons. The molecule has 17 heavy (non-hydrogen) atoms. The minimum atomic E-state index is -4.35. The highest BCUT2D eigenvalue weighted by atomic mass is 19.4. The van der Waals surface area contributed by atoms with Crippen molar-refractivity contribution in [3.8, 4) is 0 Å². The maximum Gasteiger partial charge on any atom is 0.416 e. The SMILES string of the molecule is NCCc1ncc2ccc(C(F)(F)F)cc2n1. The fourth-order valence-corrected chi connectivity index (χ4v) is 1.49. The Morgan fingerprint density at radius 1 is 1.24 bits per heavy atom. The number of benzene rings is 1. The molecule has 0 saturated carbocycles. The number of alkyl halides is 3. The Hall–Kier alpha value is -1.69. The van der Waals surface area contributed by atoms with E-state index in [1.165, 1.54) is 12.3 Å². The van der Waals surface area contributed by atoms with Gasteiger partial charge in [-0.15, -0.1) is 0 Å². The summed E-state index contributed by atoms with van der Waals surface area (Å²) in [5.41, 5.74) is 4.93. The summed E-state index contributed by atoms with van der Waals surface area (Å²) >= 11 is 0. The molecule has 1 aromatic carbocycles. The van der Waals surface area contributed by atoms with Crippen molar-refractivity contribution in [2.75, 3.05) is 6.54 Å². The fourth-order valence-electron chi connectivity index (χ4n) is 1.49. The van der Waals surface area contributed by atoms with Crippen molar-refractivity contribution in [3.63, 3.8) is 0 Å². The molecule has 0 aliphatic rings. The summed E-state index contributed by atoms with van der Waals surface area (Å²) in [6.07, 6.45) is -2.40. The largest absolute Gasteiger partial charge is 0.416 e. The van der Waals surface area contributed by atoms with Gasteiger partial charge < -0.3 is 5.73 Å². The first-order valence-electron chi connectivity index (χ1n) is 5.03. The average molecular weight is 241 g/mol. The van der Waals surface area contributed by atoms with Crippen LogP contribution in [0.4, 0.5) is 13.2 Å². The number of hydrogen-bond acceptors (Lipinski definition) is 3. The minimum absolute atomic E-state index is 0.290. The predicted molar refractivity (Wildman–Crippen MR) is 57.3 cm³/mol. The molecule has 2 rings (SSSR count). The Balaban J connectivity index is 2.51. The van der Waals surface area contributed by atoms with Crippen LogP contribution in [-0.2, 0) is 12.6 Å². The van der Waals surface area contributed by atoms with Gasteiger partial charge in [0.2, 0.25) is 0 Å². The summed E-state index contributed by atoms with van der Waals surface area (Å²) in [6, 6.07) is 3.41.